The molecule has 0 aromatic heterocycles. The fourth-order valence-corrected chi connectivity index (χ4v) is 2.07. The van der Waals surface area contributed by atoms with E-state index in [0.717, 1.165) is 35.0 Å². The second-order valence-electron chi connectivity index (χ2n) is 4.32. The van der Waals surface area contributed by atoms with Crippen LogP contribution in [-0.4, -0.2) is 24.7 Å². The Morgan fingerprint density at radius 2 is 2.00 bits per heavy atom. The quantitative estimate of drug-likeness (QED) is 0.735. The van der Waals surface area contributed by atoms with E-state index in [4.69, 9.17) is 4.74 Å². The summed E-state index contributed by atoms with van der Waals surface area (Å²) in [5.74, 6) is 1.71. The molecule has 1 aliphatic heterocycles. The van der Waals surface area contributed by atoms with E-state index < -0.39 is 0 Å². The molecule has 0 amide bonds. The number of hydrogen-bond acceptors (Lipinski definition) is 3. The van der Waals surface area contributed by atoms with Gasteiger partial charge < -0.3 is 9.64 Å². The van der Waals surface area contributed by atoms with E-state index >= 15 is 0 Å². The van der Waals surface area contributed by atoms with Crippen molar-refractivity contribution in [1.82, 2.24) is 4.90 Å². The van der Waals surface area contributed by atoms with Crippen LogP contribution in [0, 0.1) is 0 Å². The number of hydrogen-bond donors (Lipinski definition) is 0. The van der Waals surface area contributed by atoms with E-state index in [1.165, 1.54) is 0 Å². The molecule has 0 unspecified atom stereocenters. The molecule has 1 aromatic carbocycles. The van der Waals surface area contributed by atoms with Gasteiger partial charge in [0.1, 0.15) is 11.4 Å². The van der Waals surface area contributed by atoms with Crippen molar-refractivity contribution in [2.45, 2.75) is 6.42 Å². The Balaban J connectivity index is 2.12. The van der Waals surface area contributed by atoms with Crippen LogP contribution in [0.3, 0.4) is 0 Å². The number of para-hydroxylation sites is 2. The van der Waals surface area contributed by atoms with Gasteiger partial charge in [0, 0.05) is 14.1 Å². The molecule has 3 heteroatoms. The summed E-state index contributed by atoms with van der Waals surface area (Å²) in [6, 6.07) is 7.86. The molecule has 0 radical (unpaired) electrons. The summed E-state index contributed by atoms with van der Waals surface area (Å²) in [5, 5.41) is 0. The van der Waals surface area contributed by atoms with Gasteiger partial charge in [0.05, 0.1) is 5.70 Å². The van der Waals surface area contributed by atoms with E-state index in [1.807, 2.05) is 38.4 Å². The van der Waals surface area contributed by atoms with Crippen LogP contribution in [0.1, 0.15) is 6.42 Å². The SMILES string of the molecule is CN(C)C1=CCC=C2Oc3ccccc3N=C21. The third-order valence-electron chi connectivity index (χ3n) is 2.89. The van der Waals surface area contributed by atoms with Gasteiger partial charge in [0.2, 0.25) is 0 Å². The van der Waals surface area contributed by atoms with Gasteiger partial charge in [-0.05, 0) is 24.6 Å². The van der Waals surface area contributed by atoms with Crippen LogP contribution in [0.15, 0.2) is 52.9 Å². The Morgan fingerprint density at radius 1 is 1.18 bits per heavy atom. The van der Waals surface area contributed by atoms with Gasteiger partial charge in [-0.25, -0.2) is 4.99 Å². The predicted molar refractivity (Wildman–Crippen MR) is 68.6 cm³/mol. The van der Waals surface area contributed by atoms with E-state index in [1.54, 1.807) is 0 Å². The van der Waals surface area contributed by atoms with E-state index in [2.05, 4.69) is 22.0 Å². The lowest BCUT2D eigenvalue weighted by Gasteiger charge is -2.27. The van der Waals surface area contributed by atoms with E-state index in [9.17, 15) is 0 Å². The van der Waals surface area contributed by atoms with Crippen LogP contribution < -0.4 is 4.74 Å². The maximum atomic E-state index is 5.88. The van der Waals surface area contributed by atoms with Crippen molar-refractivity contribution >= 4 is 11.4 Å². The summed E-state index contributed by atoms with van der Waals surface area (Å²) in [7, 11) is 4.05. The van der Waals surface area contributed by atoms with Crippen LogP contribution in [0.5, 0.6) is 5.75 Å². The highest BCUT2D eigenvalue weighted by atomic mass is 16.5. The zero-order valence-corrected chi connectivity index (χ0v) is 9.97. The molecule has 3 nitrogen and oxygen atoms in total. The highest BCUT2D eigenvalue weighted by molar-refractivity contribution is 6.13. The van der Waals surface area contributed by atoms with Gasteiger partial charge >= 0.3 is 0 Å². The molecule has 0 saturated carbocycles. The molecule has 0 fully saturated rings. The summed E-state index contributed by atoms with van der Waals surface area (Å²) in [4.78, 5) is 6.76. The van der Waals surface area contributed by atoms with Crippen LogP contribution in [0.2, 0.25) is 0 Å². The van der Waals surface area contributed by atoms with Crippen molar-refractivity contribution < 1.29 is 4.74 Å². The summed E-state index contributed by atoms with van der Waals surface area (Å²) in [5.41, 5.74) is 2.95. The molecule has 1 heterocycles. The molecule has 0 spiro atoms. The molecule has 86 valence electrons. The standard InChI is InChI=1S/C14H14N2O/c1-16(2)11-7-5-9-13-14(11)15-10-6-3-4-8-12(10)17-13/h3-4,6-9H,5H2,1-2H3. The maximum absolute atomic E-state index is 5.88. The third kappa shape index (κ3) is 1.64. The molecular formula is C14H14N2O. The van der Waals surface area contributed by atoms with Gasteiger partial charge in [0.15, 0.2) is 11.5 Å². The van der Waals surface area contributed by atoms with Crippen LogP contribution >= 0.6 is 0 Å². The molecule has 0 bridgehead atoms. The Labute approximate surface area is 101 Å². The lowest BCUT2D eigenvalue weighted by Crippen LogP contribution is -2.26. The molecule has 0 atom stereocenters. The topological polar surface area (TPSA) is 24.8 Å². The van der Waals surface area contributed by atoms with Crippen molar-refractivity contribution in [1.29, 1.82) is 0 Å². The van der Waals surface area contributed by atoms with Crippen molar-refractivity contribution in [3.63, 3.8) is 0 Å². The molecule has 0 saturated heterocycles. The zero-order chi connectivity index (χ0) is 11.8. The zero-order valence-electron chi connectivity index (χ0n) is 9.97. The number of ether oxygens (including phenoxy) is 1. The number of fused-ring (bicyclic) bond motifs is 2. The first kappa shape index (κ1) is 10.1. The third-order valence-corrected chi connectivity index (χ3v) is 2.89. The Morgan fingerprint density at radius 3 is 2.82 bits per heavy atom. The summed E-state index contributed by atoms with van der Waals surface area (Å²) < 4.78 is 5.88. The predicted octanol–water partition coefficient (Wildman–Crippen LogP) is 2.88. The van der Waals surface area contributed by atoms with E-state index in [-0.39, 0.29) is 0 Å². The van der Waals surface area contributed by atoms with Gasteiger partial charge in [0.25, 0.3) is 0 Å². The largest absolute Gasteiger partial charge is 0.453 e. The van der Waals surface area contributed by atoms with Gasteiger partial charge in [-0.1, -0.05) is 18.2 Å². The minimum atomic E-state index is 0.836. The molecule has 1 aliphatic carbocycles. The molecule has 17 heavy (non-hydrogen) atoms. The fourth-order valence-electron chi connectivity index (χ4n) is 2.07. The molecule has 2 aliphatic rings. The smallest absolute Gasteiger partial charge is 0.153 e. The molecule has 0 N–H and O–H groups in total. The first-order valence-electron chi connectivity index (χ1n) is 5.69. The minimum absolute atomic E-state index is 0.836. The van der Waals surface area contributed by atoms with Gasteiger partial charge in [-0.2, -0.15) is 0 Å². The lowest BCUT2D eigenvalue weighted by atomic mass is 10.1. The number of allylic oxidation sites excluding steroid dienone is 2. The number of benzene rings is 1. The molecular weight excluding hydrogens is 212 g/mol. The Bertz CT molecular complexity index is 553. The van der Waals surface area contributed by atoms with Crippen molar-refractivity contribution in [3.05, 3.63) is 47.9 Å². The van der Waals surface area contributed by atoms with Gasteiger partial charge in [-0.15, -0.1) is 0 Å². The van der Waals surface area contributed by atoms with Crippen LogP contribution in [0.25, 0.3) is 0 Å². The second kappa shape index (κ2) is 3.77. The summed E-state index contributed by atoms with van der Waals surface area (Å²) in [6.45, 7) is 0. The second-order valence-corrected chi connectivity index (χ2v) is 4.32. The Kier molecular flexibility index (Phi) is 2.25. The average molecular weight is 226 g/mol. The maximum Gasteiger partial charge on any atom is 0.153 e. The van der Waals surface area contributed by atoms with Crippen molar-refractivity contribution in [3.8, 4) is 5.75 Å². The number of aliphatic imine (C=N–C) groups is 1. The number of rotatable bonds is 1. The number of nitrogens with zero attached hydrogens (tertiary/aromatic N) is 2. The monoisotopic (exact) mass is 226 g/mol. The Hall–Kier alpha value is -2.03. The minimum Gasteiger partial charge on any atom is -0.453 e. The first-order chi connectivity index (χ1) is 8.25. The van der Waals surface area contributed by atoms with Gasteiger partial charge in [-0.3, -0.25) is 0 Å². The summed E-state index contributed by atoms with van der Waals surface area (Å²) >= 11 is 0. The van der Waals surface area contributed by atoms with Crippen LogP contribution in [-0.2, 0) is 0 Å². The fraction of sp³-hybridized carbons (Fsp3) is 0.214. The molecule has 1 aromatic rings. The highest BCUT2D eigenvalue weighted by Gasteiger charge is 2.24. The summed E-state index contributed by atoms with van der Waals surface area (Å²) in [6.07, 6.45) is 5.13. The molecule has 3 rings (SSSR count). The van der Waals surface area contributed by atoms with Crippen LogP contribution in [0.4, 0.5) is 5.69 Å². The van der Waals surface area contributed by atoms with Crippen molar-refractivity contribution in [2.75, 3.05) is 14.1 Å². The highest BCUT2D eigenvalue weighted by Crippen LogP contribution is 2.36. The average Bonchev–Trinajstić information content (AvgIpc) is 2.35. The normalized spacial score (nSPS) is 16.9. The van der Waals surface area contributed by atoms with Crippen molar-refractivity contribution in [2.24, 2.45) is 4.99 Å². The van der Waals surface area contributed by atoms with E-state index in [0.29, 0.717) is 0 Å². The lowest BCUT2D eigenvalue weighted by molar-refractivity contribution is 0.439. The first-order valence-corrected chi connectivity index (χ1v) is 5.69.